The molecule has 1 aliphatic rings. The van der Waals surface area contributed by atoms with E-state index in [2.05, 4.69) is 10.6 Å². The van der Waals surface area contributed by atoms with Crippen LogP contribution in [0.5, 0.6) is 0 Å². The van der Waals surface area contributed by atoms with Gasteiger partial charge in [0.2, 0.25) is 11.8 Å². The zero-order valence-corrected chi connectivity index (χ0v) is 18.1. The first-order valence-corrected chi connectivity index (χ1v) is 10.6. The number of carbonyl (C=O) groups excluding carboxylic acids is 3. The highest BCUT2D eigenvalue weighted by molar-refractivity contribution is 8.00. The van der Waals surface area contributed by atoms with Crippen LogP contribution in [0.15, 0.2) is 41.3 Å². The van der Waals surface area contributed by atoms with E-state index in [0.717, 1.165) is 4.90 Å². The number of likely N-dealkylation sites (N-methyl/N-ethyl adjacent to an activating group) is 1. The summed E-state index contributed by atoms with van der Waals surface area (Å²) < 4.78 is 0. The zero-order chi connectivity index (χ0) is 21.1. The molecule has 1 unspecified atom stereocenters. The molecule has 0 bridgehead atoms. The molecule has 0 radical (unpaired) electrons. The molecule has 1 heterocycles. The molecule has 3 rings (SSSR count). The Balaban J connectivity index is 1.73. The van der Waals surface area contributed by atoms with E-state index >= 15 is 0 Å². The third-order valence-corrected chi connectivity index (χ3v) is 6.20. The summed E-state index contributed by atoms with van der Waals surface area (Å²) in [7, 11) is 0. The van der Waals surface area contributed by atoms with E-state index in [1.165, 1.54) is 16.7 Å². The summed E-state index contributed by atoms with van der Waals surface area (Å²) in [5.41, 5.74) is 1.31. The van der Waals surface area contributed by atoms with E-state index in [0.29, 0.717) is 33.5 Å². The van der Waals surface area contributed by atoms with Crippen molar-refractivity contribution in [3.63, 3.8) is 0 Å². The number of amides is 3. The lowest BCUT2D eigenvalue weighted by molar-refractivity contribution is -0.117. The fourth-order valence-corrected chi connectivity index (χ4v) is 4.24. The number of nitrogens with zero attached hydrogens (tertiary/aromatic N) is 1. The normalized spacial score (nSPS) is 15.3. The quantitative estimate of drug-likeness (QED) is 0.699. The molecular weight excluding hydrogens is 433 g/mol. The van der Waals surface area contributed by atoms with Crippen molar-refractivity contribution in [2.24, 2.45) is 0 Å². The van der Waals surface area contributed by atoms with Crippen molar-refractivity contribution in [1.82, 2.24) is 4.90 Å². The SMILES string of the molecule is CCN(CC(=O)Nc1c(Cl)cccc1Cl)C(=O)c1ccc2c(c1)NC(=O)C(C)S2. The Morgan fingerprint density at radius 1 is 1.21 bits per heavy atom. The largest absolute Gasteiger partial charge is 0.330 e. The predicted octanol–water partition coefficient (Wildman–Crippen LogP) is 4.53. The molecule has 6 nitrogen and oxygen atoms in total. The maximum Gasteiger partial charge on any atom is 0.254 e. The minimum absolute atomic E-state index is 0.101. The Hall–Kier alpha value is -2.22. The fraction of sp³-hybridized carbons (Fsp3) is 0.250. The van der Waals surface area contributed by atoms with E-state index in [1.807, 2.05) is 6.92 Å². The second-order valence-electron chi connectivity index (χ2n) is 6.42. The van der Waals surface area contributed by atoms with Crippen molar-refractivity contribution in [2.75, 3.05) is 23.7 Å². The number of anilines is 2. The molecule has 0 saturated carbocycles. The number of nitrogens with one attached hydrogen (secondary N) is 2. The van der Waals surface area contributed by atoms with Gasteiger partial charge >= 0.3 is 0 Å². The Labute approximate surface area is 182 Å². The number of hydrogen-bond acceptors (Lipinski definition) is 4. The van der Waals surface area contributed by atoms with Crippen LogP contribution in [0.3, 0.4) is 0 Å². The van der Waals surface area contributed by atoms with Gasteiger partial charge in [-0.1, -0.05) is 29.3 Å². The summed E-state index contributed by atoms with van der Waals surface area (Å²) >= 11 is 13.6. The number of fused-ring (bicyclic) bond motifs is 1. The van der Waals surface area contributed by atoms with Gasteiger partial charge in [-0.2, -0.15) is 0 Å². The predicted molar refractivity (Wildman–Crippen MR) is 117 cm³/mol. The molecule has 0 fully saturated rings. The number of carbonyl (C=O) groups is 3. The summed E-state index contributed by atoms with van der Waals surface area (Å²) in [4.78, 5) is 39.6. The van der Waals surface area contributed by atoms with Crippen LogP contribution < -0.4 is 10.6 Å². The molecule has 0 aromatic heterocycles. The Bertz CT molecular complexity index is 963. The van der Waals surface area contributed by atoms with Crippen LogP contribution in [0.4, 0.5) is 11.4 Å². The van der Waals surface area contributed by atoms with Gasteiger partial charge in [-0.15, -0.1) is 11.8 Å². The van der Waals surface area contributed by atoms with Crippen LogP contribution in [0.2, 0.25) is 10.0 Å². The topological polar surface area (TPSA) is 78.5 Å². The highest BCUT2D eigenvalue weighted by Gasteiger charge is 2.25. The number of rotatable bonds is 5. The van der Waals surface area contributed by atoms with Crippen LogP contribution >= 0.6 is 35.0 Å². The Kier molecular flexibility index (Phi) is 6.72. The Morgan fingerprint density at radius 3 is 2.55 bits per heavy atom. The highest BCUT2D eigenvalue weighted by atomic mass is 35.5. The summed E-state index contributed by atoms with van der Waals surface area (Å²) in [6.45, 7) is 3.78. The molecule has 0 aliphatic carbocycles. The number of hydrogen-bond donors (Lipinski definition) is 2. The lowest BCUT2D eigenvalue weighted by Gasteiger charge is -2.24. The molecule has 1 atom stereocenters. The van der Waals surface area contributed by atoms with Gasteiger partial charge in [-0.25, -0.2) is 0 Å². The van der Waals surface area contributed by atoms with Crippen LogP contribution in [-0.4, -0.2) is 41.0 Å². The molecule has 29 heavy (non-hydrogen) atoms. The number of thioether (sulfide) groups is 1. The molecule has 3 amide bonds. The van der Waals surface area contributed by atoms with Gasteiger partial charge in [0.25, 0.3) is 5.91 Å². The zero-order valence-electron chi connectivity index (χ0n) is 15.8. The molecule has 9 heteroatoms. The third kappa shape index (κ3) is 4.86. The van der Waals surface area contributed by atoms with E-state index < -0.39 is 5.91 Å². The second kappa shape index (κ2) is 9.07. The van der Waals surface area contributed by atoms with Crippen LogP contribution in [0, 0.1) is 0 Å². The molecule has 0 saturated heterocycles. The second-order valence-corrected chi connectivity index (χ2v) is 8.62. The molecular formula is C20H19Cl2N3O3S. The smallest absolute Gasteiger partial charge is 0.254 e. The van der Waals surface area contributed by atoms with E-state index in [-0.39, 0.29) is 23.6 Å². The van der Waals surface area contributed by atoms with Gasteiger partial charge in [-0.3, -0.25) is 14.4 Å². The van der Waals surface area contributed by atoms with E-state index in [4.69, 9.17) is 23.2 Å². The first-order valence-electron chi connectivity index (χ1n) is 8.94. The maximum absolute atomic E-state index is 12.9. The van der Waals surface area contributed by atoms with Crippen molar-refractivity contribution >= 4 is 64.1 Å². The van der Waals surface area contributed by atoms with Crippen molar-refractivity contribution in [3.05, 3.63) is 52.0 Å². The van der Waals surface area contributed by atoms with Gasteiger partial charge < -0.3 is 15.5 Å². The molecule has 2 aromatic rings. The lowest BCUT2D eigenvalue weighted by Crippen LogP contribution is -2.38. The van der Waals surface area contributed by atoms with E-state index in [1.54, 1.807) is 43.3 Å². The molecule has 152 valence electrons. The van der Waals surface area contributed by atoms with E-state index in [9.17, 15) is 14.4 Å². The fourth-order valence-electron chi connectivity index (χ4n) is 2.82. The minimum atomic E-state index is -0.411. The average molecular weight is 452 g/mol. The van der Waals surface area contributed by atoms with Crippen molar-refractivity contribution in [2.45, 2.75) is 24.0 Å². The van der Waals surface area contributed by atoms with Crippen molar-refractivity contribution < 1.29 is 14.4 Å². The highest BCUT2D eigenvalue weighted by Crippen LogP contribution is 2.36. The standard InChI is InChI=1S/C20H19Cl2N3O3S/c1-3-25(10-17(26)24-18-13(21)5-4-6-14(18)22)20(28)12-7-8-16-15(9-12)23-19(27)11(2)29-16/h4-9,11H,3,10H2,1-2H3,(H,23,27)(H,24,26). The average Bonchev–Trinajstić information content (AvgIpc) is 2.69. The monoisotopic (exact) mass is 451 g/mol. The molecule has 1 aliphatic heterocycles. The van der Waals surface area contributed by atoms with Crippen molar-refractivity contribution in [3.8, 4) is 0 Å². The minimum Gasteiger partial charge on any atom is -0.330 e. The van der Waals surface area contributed by atoms with Crippen molar-refractivity contribution in [1.29, 1.82) is 0 Å². The molecule has 2 N–H and O–H groups in total. The first kappa shape index (κ1) is 21.5. The lowest BCUT2D eigenvalue weighted by atomic mass is 10.1. The summed E-state index contributed by atoms with van der Waals surface area (Å²) in [5.74, 6) is -0.824. The molecule has 2 aromatic carbocycles. The van der Waals surface area contributed by atoms with Gasteiger partial charge in [0.1, 0.15) is 6.54 Å². The van der Waals surface area contributed by atoms with Crippen LogP contribution in [0.1, 0.15) is 24.2 Å². The summed E-state index contributed by atoms with van der Waals surface area (Å²) in [5, 5.41) is 5.91. The van der Waals surface area contributed by atoms with Gasteiger partial charge in [0.05, 0.1) is 26.7 Å². The molecule has 0 spiro atoms. The third-order valence-electron chi connectivity index (χ3n) is 4.39. The van der Waals surface area contributed by atoms with Gasteiger partial charge in [0, 0.05) is 17.0 Å². The Morgan fingerprint density at radius 2 is 1.90 bits per heavy atom. The summed E-state index contributed by atoms with van der Waals surface area (Å²) in [6, 6.07) is 10.1. The number of para-hydroxylation sites is 1. The van der Waals surface area contributed by atoms with Crippen LogP contribution in [0.25, 0.3) is 0 Å². The van der Waals surface area contributed by atoms with Gasteiger partial charge in [-0.05, 0) is 44.2 Å². The number of benzene rings is 2. The first-order chi connectivity index (χ1) is 13.8. The van der Waals surface area contributed by atoms with Gasteiger partial charge in [0.15, 0.2) is 0 Å². The summed E-state index contributed by atoms with van der Waals surface area (Å²) in [6.07, 6.45) is 0. The van der Waals surface area contributed by atoms with Crippen LogP contribution in [-0.2, 0) is 9.59 Å². The maximum atomic E-state index is 12.9. The number of halogens is 2.